The van der Waals surface area contributed by atoms with Crippen LogP contribution < -0.4 is 11.0 Å². The van der Waals surface area contributed by atoms with Gasteiger partial charge in [-0.25, -0.2) is 14.0 Å². The average molecular weight is 419 g/mol. The summed E-state index contributed by atoms with van der Waals surface area (Å²) in [6.45, 7) is 11.7. The lowest BCUT2D eigenvalue weighted by molar-refractivity contribution is -0.0355. The van der Waals surface area contributed by atoms with Crippen LogP contribution in [0.25, 0.3) is 0 Å². The average Bonchev–Trinajstić information content (AvgIpc) is 2.98. The quantitative estimate of drug-likeness (QED) is 0.606. The van der Waals surface area contributed by atoms with Crippen LogP contribution in [-0.2, 0) is 9.47 Å². The summed E-state index contributed by atoms with van der Waals surface area (Å²) in [6, 6.07) is 0. The molecule has 1 aromatic rings. The number of hydrogen-bond donors (Lipinski definition) is 3. The van der Waals surface area contributed by atoms with Crippen molar-refractivity contribution < 1.29 is 28.9 Å². The van der Waals surface area contributed by atoms with E-state index in [0.717, 1.165) is 23.6 Å². The predicted octanol–water partition coefficient (Wildman–Crippen LogP) is 2.81. The minimum absolute atomic E-state index is 0.177. The molecule has 0 unspecified atom stereocenters. The number of halogens is 1. The van der Waals surface area contributed by atoms with Crippen molar-refractivity contribution in [3.8, 4) is 0 Å². The van der Waals surface area contributed by atoms with Crippen molar-refractivity contribution in [3.63, 3.8) is 0 Å². The number of aliphatic hydroxyl groups excluding tert-OH is 2. The van der Waals surface area contributed by atoms with Crippen molar-refractivity contribution in [2.45, 2.75) is 85.3 Å². The smallest absolute Gasteiger partial charge is 0.412 e. The van der Waals surface area contributed by atoms with Crippen molar-refractivity contribution in [3.05, 3.63) is 22.5 Å². The van der Waals surface area contributed by atoms with E-state index in [1.54, 1.807) is 0 Å². The number of hydrogen-bond acceptors (Lipinski definition) is 7. The molecule has 9 nitrogen and oxygen atoms in total. The fraction of sp³-hybridized carbons (Fsp3) is 0.737. The first kappa shape index (κ1) is 27.0. The van der Waals surface area contributed by atoms with Crippen molar-refractivity contribution in [1.29, 1.82) is 0 Å². The lowest BCUT2D eigenvalue weighted by Crippen LogP contribution is -2.36. The molecule has 1 aliphatic heterocycles. The molecule has 3 N–H and O–H groups in total. The maximum atomic E-state index is 14.1. The number of carbonyl (C=O) groups is 1. The van der Waals surface area contributed by atoms with Crippen LogP contribution in [0.2, 0.25) is 0 Å². The van der Waals surface area contributed by atoms with E-state index >= 15 is 0 Å². The molecule has 1 saturated heterocycles. The molecule has 4 atom stereocenters. The molecule has 29 heavy (non-hydrogen) atoms. The van der Waals surface area contributed by atoms with Gasteiger partial charge < -0.3 is 19.7 Å². The Labute approximate surface area is 170 Å². The summed E-state index contributed by atoms with van der Waals surface area (Å²) in [7, 11) is 0. The fourth-order valence-corrected chi connectivity index (χ4v) is 2.42. The molecule has 1 aliphatic rings. The van der Waals surface area contributed by atoms with E-state index in [9.17, 15) is 24.2 Å². The largest absolute Gasteiger partial charge is 0.449 e. The second kappa shape index (κ2) is 14.0. The van der Waals surface area contributed by atoms with E-state index < -0.39 is 48.0 Å². The van der Waals surface area contributed by atoms with Gasteiger partial charge in [-0.15, -0.1) is 0 Å². The van der Waals surface area contributed by atoms with Gasteiger partial charge in [0, 0.05) is 0 Å². The first-order valence-electron chi connectivity index (χ1n) is 10.1. The maximum Gasteiger partial charge on any atom is 0.412 e. The second-order valence-electron chi connectivity index (χ2n) is 5.81. The summed E-state index contributed by atoms with van der Waals surface area (Å²) in [5.41, 5.74) is -0.951. The highest BCUT2D eigenvalue weighted by Gasteiger charge is 2.42. The van der Waals surface area contributed by atoms with Crippen molar-refractivity contribution in [1.82, 2.24) is 9.55 Å². The summed E-state index contributed by atoms with van der Waals surface area (Å²) < 4.78 is 24.9. The van der Waals surface area contributed by atoms with Gasteiger partial charge in [-0.2, -0.15) is 4.98 Å². The normalized spacial score (nSPS) is 22.7. The molecule has 10 heteroatoms. The van der Waals surface area contributed by atoms with Crippen LogP contribution in [0.15, 0.2) is 11.0 Å². The van der Waals surface area contributed by atoms with Crippen molar-refractivity contribution >= 4 is 11.9 Å². The van der Waals surface area contributed by atoms with Crippen LogP contribution >= 0.6 is 0 Å². The Morgan fingerprint density at radius 1 is 1.28 bits per heavy atom. The lowest BCUT2D eigenvalue weighted by Gasteiger charge is -2.17. The molecule has 0 aromatic carbocycles. The molecule has 0 aliphatic carbocycles. The standard InChI is InChI=1S/C15H22FN3O6.2C2H6/c1-3-4-5-6-24-15(23)18-12-9(16)7-19(14(22)17-12)13-11(21)10(20)8(2)25-13;2*1-2/h7-8,10-11,13,20-21H,3-6H2,1-2H3,(H,17,18,22,23);2*1-2H3/t8-,10-,11-,13-;;/m1../s1. The highest BCUT2D eigenvalue weighted by atomic mass is 19.1. The number of amides is 1. The zero-order valence-electron chi connectivity index (χ0n) is 18.0. The minimum atomic E-state index is -1.41. The van der Waals surface area contributed by atoms with Gasteiger partial charge in [0.25, 0.3) is 0 Å². The van der Waals surface area contributed by atoms with Gasteiger partial charge in [0.05, 0.1) is 18.9 Å². The molecule has 0 spiro atoms. The number of nitrogens with one attached hydrogen (secondary N) is 1. The summed E-state index contributed by atoms with van der Waals surface area (Å²) in [6.07, 6.45) is -2.25. The third-order valence-electron chi connectivity index (χ3n) is 3.86. The minimum Gasteiger partial charge on any atom is -0.449 e. The Balaban J connectivity index is 0.00000184. The van der Waals surface area contributed by atoms with Gasteiger partial charge >= 0.3 is 11.8 Å². The van der Waals surface area contributed by atoms with Crippen molar-refractivity contribution in [2.75, 3.05) is 11.9 Å². The van der Waals surface area contributed by atoms with Gasteiger partial charge in [-0.05, 0) is 13.3 Å². The molecule has 2 heterocycles. The van der Waals surface area contributed by atoms with Crippen LogP contribution in [0.1, 0.15) is 67.0 Å². The molecule has 0 saturated carbocycles. The number of unbranched alkanes of at least 4 members (excludes halogenated alkanes) is 2. The summed E-state index contributed by atoms with van der Waals surface area (Å²) in [4.78, 5) is 27.0. The van der Waals surface area contributed by atoms with Crippen molar-refractivity contribution in [2.24, 2.45) is 0 Å². The zero-order valence-corrected chi connectivity index (χ0v) is 18.0. The maximum absolute atomic E-state index is 14.1. The van der Waals surface area contributed by atoms with Crippen LogP contribution in [0, 0.1) is 5.82 Å². The molecule has 1 aromatic heterocycles. The number of anilines is 1. The van der Waals surface area contributed by atoms with Crippen LogP contribution in [0.5, 0.6) is 0 Å². The molecular formula is C19H34FN3O6. The van der Waals surface area contributed by atoms with E-state index in [4.69, 9.17) is 9.47 Å². The van der Waals surface area contributed by atoms with Crippen LogP contribution in [0.3, 0.4) is 0 Å². The Hall–Kier alpha value is -2.04. The van der Waals surface area contributed by atoms with Gasteiger partial charge in [0.2, 0.25) is 0 Å². The number of aromatic nitrogens is 2. The molecule has 1 fully saturated rings. The predicted molar refractivity (Wildman–Crippen MR) is 107 cm³/mol. The third kappa shape index (κ3) is 7.71. The van der Waals surface area contributed by atoms with Crippen LogP contribution in [-0.4, -0.2) is 50.8 Å². The molecular weight excluding hydrogens is 385 g/mol. The summed E-state index contributed by atoms with van der Waals surface area (Å²) in [5, 5.41) is 21.6. The van der Waals surface area contributed by atoms with E-state index in [2.05, 4.69) is 10.3 Å². The molecule has 0 radical (unpaired) electrons. The van der Waals surface area contributed by atoms with E-state index in [1.807, 2.05) is 34.6 Å². The second-order valence-corrected chi connectivity index (χ2v) is 5.81. The Morgan fingerprint density at radius 2 is 1.90 bits per heavy atom. The van der Waals surface area contributed by atoms with Crippen LogP contribution in [0.4, 0.5) is 15.0 Å². The number of rotatable bonds is 6. The Kier molecular flexibility index (Phi) is 13.0. The number of carbonyl (C=O) groups excluding carboxylic acids is 1. The van der Waals surface area contributed by atoms with E-state index in [1.165, 1.54) is 6.92 Å². The summed E-state index contributed by atoms with van der Waals surface area (Å²) in [5.74, 6) is -1.59. The van der Waals surface area contributed by atoms with Gasteiger partial charge in [0.1, 0.15) is 12.2 Å². The third-order valence-corrected chi connectivity index (χ3v) is 3.86. The first-order valence-corrected chi connectivity index (χ1v) is 10.1. The molecule has 2 rings (SSSR count). The fourth-order valence-electron chi connectivity index (χ4n) is 2.42. The summed E-state index contributed by atoms with van der Waals surface area (Å²) >= 11 is 0. The SMILES string of the molecule is CC.CC.CCCCCOC(=O)Nc1nc(=O)n([C@@H]2O[C@H](C)[C@@H](O)[C@H]2O)cc1F. The monoisotopic (exact) mass is 419 g/mol. The molecule has 0 bridgehead atoms. The highest BCUT2D eigenvalue weighted by molar-refractivity contribution is 5.83. The van der Waals surface area contributed by atoms with Gasteiger partial charge in [-0.1, -0.05) is 47.5 Å². The van der Waals surface area contributed by atoms with E-state index in [-0.39, 0.29) is 6.61 Å². The first-order chi connectivity index (χ1) is 13.8. The Bertz CT molecular complexity index is 670. The zero-order chi connectivity index (χ0) is 22.6. The lowest BCUT2D eigenvalue weighted by atomic mass is 10.1. The topological polar surface area (TPSA) is 123 Å². The van der Waals surface area contributed by atoms with Gasteiger partial charge in [0.15, 0.2) is 17.9 Å². The molecule has 168 valence electrons. The van der Waals surface area contributed by atoms with Gasteiger partial charge in [-0.3, -0.25) is 9.88 Å². The number of aliphatic hydroxyl groups is 2. The van der Waals surface area contributed by atoms with E-state index in [0.29, 0.717) is 6.42 Å². The Morgan fingerprint density at radius 3 is 2.41 bits per heavy atom. The number of ether oxygens (including phenoxy) is 2. The highest BCUT2D eigenvalue weighted by Crippen LogP contribution is 2.28. The number of nitrogens with zero attached hydrogens (tertiary/aromatic N) is 2. The molecule has 1 amide bonds.